The lowest BCUT2D eigenvalue weighted by Gasteiger charge is -2.40. The van der Waals surface area contributed by atoms with Gasteiger partial charge in [0.1, 0.15) is 0 Å². The van der Waals surface area contributed by atoms with Gasteiger partial charge in [-0.3, -0.25) is 0 Å². The lowest BCUT2D eigenvalue weighted by atomic mass is 10.2. The molecule has 60 valence electrons. The van der Waals surface area contributed by atoms with E-state index in [1.165, 1.54) is 17.2 Å². The SMILES string of the molecule is CC(C)C1PC(C(C)C)P1. The summed E-state index contributed by atoms with van der Waals surface area (Å²) in [7, 11) is 2.55. The molecule has 10 heavy (non-hydrogen) atoms. The molecule has 0 saturated carbocycles. The van der Waals surface area contributed by atoms with Crippen LogP contribution in [-0.4, -0.2) is 10.8 Å². The second kappa shape index (κ2) is 3.51. The maximum absolute atomic E-state index is 2.36. The average Bonchev–Trinajstić information content (AvgIpc) is 1.56. The minimum atomic E-state index is 0.951. The molecule has 1 fully saturated rings. The average molecular weight is 176 g/mol. The van der Waals surface area contributed by atoms with E-state index in [2.05, 4.69) is 27.7 Å². The second-order valence-electron chi connectivity index (χ2n) is 3.78. The highest BCUT2D eigenvalue weighted by molar-refractivity contribution is 7.75. The molecule has 0 atom stereocenters. The zero-order chi connectivity index (χ0) is 7.72. The van der Waals surface area contributed by atoms with Crippen molar-refractivity contribution in [3.05, 3.63) is 0 Å². The van der Waals surface area contributed by atoms with Crippen LogP contribution in [0.15, 0.2) is 0 Å². The van der Waals surface area contributed by atoms with Crippen LogP contribution < -0.4 is 0 Å². The Balaban J connectivity index is 2.18. The van der Waals surface area contributed by atoms with Crippen molar-refractivity contribution in [3.63, 3.8) is 0 Å². The smallest absolute Gasteiger partial charge is 0.00268 e. The van der Waals surface area contributed by atoms with Crippen LogP contribution >= 0.6 is 17.2 Å². The van der Waals surface area contributed by atoms with Gasteiger partial charge >= 0.3 is 0 Å². The Morgan fingerprint density at radius 2 is 1.10 bits per heavy atom. The van der Waals surface area contributed by atoms with Gasteiger partial charge < -0.3 is 0 Å². The van der Waals surface area contributed by atoms with Gasteiger partial charge in [0.05, 0.1) is 0 Å². The first-order chi connectivity index (χ1) is 4.61. The number of hydrogen-bond acceptors (Lipinski definition) is 0. The molecule has 2 heteroatoms. The summed E-state index contributed by atoms with van der Waals surface area (Å²) in [6, 6.07) is 0. The Bertz CT molecular complexity index is 91.8. The van der Waals surface area contributed by atoms with E-state index in [0.29, 0.717) is 0 Å². The fourth-order valence-electron chi connectivity index (χ4n) is 1.16. The molecule has 0 N–H and O–H groups in total. The van der Waals surface area contributed by atoms with Gasteiger partial charge in [0, 0.05) is 0 Å². The van der Waals surface area contributed by atoms with Crippen LogP contribution in [0.3, 0.4) is 0 Å². The Morgan fingerprint density at radius 1 is 0.800 bits per heavy atom. The van der Waals surface area contributed by atoms with Gasteiger partial charge in [0.25, 0.3) is 0 Å². The summed E-state index contributed by atoms with van der Waals surface area (Å²) in [5, 5.41) is 2.21. The van der Waals surface area contributed by atoms with Crippen molar-refractivity contribution in [2.75, 3.05) is 0 Å². The maximum Gasteiger partial charge on any atom is -0.00268 e. The lowest BCUT2D eigenvalue weighted by molar-refractivity contribution is 0.656. The molecular formula is C8H18P2. The van der Waals surface area contributed by atoms with Crippen molar-refractivity contribution in [3.8, 4) is 0 Å². The molecule has 0 bridgehead atoms. The topological polar surface area (TPSA) is 0 Å². The normalized spacial score (nSPS) is 37.8. The van der Waals surface area contributed by atoms with Crippen molar-refractivity contribution >= 4 is 17.2 Å². The van der Waals surface area contributed by atoms with Crippen LogP contribution in [0.5, 0.6) is 0 Å². The number of hydrogen-bond donors (Lipinski definition) is 0. The van der Waals surface area contributed by atoms with Gasteiger partial charge in [-0.05, 0) is 22.6 Å². The molecule has 0 aromatic carbocycles. The van der Waals surface area contributed by atoms with Gasteiger partial charge in [-0.1, -0.05) is 27.7 Å². The van der Waals surface area contributed by atoms with Gasteiger partial charge in [-0.25, -0.2) is 0 Å². The molecule has 1 heterocycles. The van der Waals surface area contributed by atoms with E-state index in [9.17, 15) is 0 Å². The largest absolute Gasteiger partial charge is 0.107 e. The third-order valence-electron chi connectivity index (χ3n) is 2.05. The fourth-order valence-corrected chi connectivity index (χ4v) is 5.12. The molecule has 0 aromatic heterocycles. The fraction of sp³-hybridized carbons (Fsp3) is 1.00. The molecule has 0 aliphatic carbocycles. The summed E-state index contributed by atoms with van der Waals surface area (Å²) < 4.78 is 0. The zero-order valence-electron chi connectivity index (χ0n) is 7.31. The maximum atomic E-state index is 2.36. The third kappa shape index (κ3) is 1.93. The summed E-state index contributed by atoms with van der Waals surface area (Å²) in [6.45, 7) is 9.45. The molecule has 1 rings (SSSR count). The zero-order valence-corrected chi connectivity index (χ0v) is 9.31. The van der Waals surface area contributed by atoms with Crippen molar-refractivity contribution < 1.29 is 0 Å². The van der Waals surface area contributed by atoms with Gasteiger partial charge in [-0.15, -0.1) is 17.2 Å². The summed E-state index contributed by atoms with van der Waals surface area (Å²) in [5.74, 6) is 1.90. The third-order valence-corrected chi connectivity index (χ3v) is 8.15. The highest BCUT2D eigenvalue weighted by atomic mass is 31.2. The van der Waals surface area contributed by atoms with Crippen molar-refractivity contribution in [1.82, 2.24) is 0 Å². The monoisotopic (exact) mass is 176 g/mol. The minimum Gasteiger partial charge on any atom is -0.107 e. The highest BCUT2D eigenvalue weighted by Crippen LogP contribution is 2.62. The molecule has 0 aromatic rings. The van der Waals surface area contributed by atoms with Crippen molar-refractivity contribution in [2.24, 2.45) is 11.8 Å². The van der Waals surface area contributed by atoms with E-state index in [-0.39, 0.29) is 0 Å². The van der Waals surface area contributed by atoms with E-state index in [0.717, 1.165) is 22.6 Å². The van der Waals surface area contributed by atoms with E-state index in [4.69, 9.17) is 0 Å². The Morgan fingerprint density at radius 3 is 1.30 bits per heavy atom. The Labute approximate surface area is 68.1 Å². The first-order valence-electron chi connectivity index (χ1n) is 4.13. The molecule has 0 spiro atoms. The predicted molar refractivity (Wildman–Crippen MR) is 53.9 cm³/mol. The van der Waals surface area contributed by atoms with Crippen LogP contribution in [0.2, 0.25) is 0 Å². The Hall–Kier alpha value is 0.860. The van der Waals surface area contributed by atoms with Crippen LogP contribution in [0.4, 0.5) is 0 Å². The van der Waals surface area contributed by atoms with E-state index >= 15 is 0 Å². The number of rotatable bonds is 2. The first-order valence-corrected chi connectivity index (χ1v) is 6.44. The quantitative estimate of drug-likeness (QED) is 0.566. The van der Waals surface area contributed by atoms with Crippen molar-refractivity contribution in [1.29, 1.82) is 0 Å². The molecule has 1 aliphatic heterocycles. The summed E-state index contributed by atoms with van der Waals surface area (Å²) in [4.78, 5) is 0. The van der Waals surface area contributed by atoms with Gasteiger partial charge in [0.15, 0.2) is 0 Å². The molecule has 0 unspecified atom stereocenters. The van der Waals surface area contributed by atoms with Crippen LogP contribution in [0, 0.1) is 11.8 Å². The van der Waals surface area contributed by atoms with E-state index < -0.39 is 0 Å². The minimum absolute atomic E-state index is 0.951. The van der Waals surface area contributed by atoms with Crippen LogP contribution in [-0.2, 0) is 0 Å². The predicted octanol–water partition coefficient (Wildman–Crippen LogP) is 3.32. The first kappa shape index (κ1) is 8.95. The molecule has 1 saturated heterocycles. The summed E-state index contributed by atoms with van der Waals surface area (Å²) in [6.07, 6.45) is 0. The highest BCUT2D eigenvalue weighted by Gasteiger charge is 2.32. The Kier molecular flexibility index (Phi) is 3.14. The summed E-state index contributed by atoms with van der Waals surface area (Å²) >= 11 is 0. The molecule has 0 nitrogen and oxygen atoms in total. The molecule has 1 aliphatic rings. The van der Waals surface area contributed by atoms with E-state index in [1.54, 1.807) is 0 Å². The molecule has 0 radical (unpaired) electrons. The van der Waals surface area contributed by atoms with Crippen LogP contribution in [0.25, 0.3) is 0 Å². The second-order valence-corrected chi connectivity index (χ2v) is 8.09. The molecular weight excluding hydrogens is 158 g/mol. The van der Waals surface area contributed by atoms with E-state index in [1.807, 2.05) is 0 Å². The standard InChI is InChI=1S/C8H18P2/c1-5(2)7-9-8(10-7)6(3)4/h5-10H,1-4H3. The van der Waals surface area contributed by atoms with Crippen molar-refractivity contribution in [2.45, 2.75) is 38.5 Å². The lowest BCUT2D eigenvalue weighted by Crippen LogP contribution is -2.22. The molecule has 0 amide bonds. The van der Waals surface area contributed by atoms with Gasteiger partial charge in [-0.2, -0.15) is 0 Å². The van der Waals surface area contributed by atoms with Crippen LogP contribution in [0.1, 0.15) is 27.7 Å². The summed E-state index contributed by atoms with van der Waals surface area (Å²) in [5.41, 5.74) is 0. The van der Waals surface area contributed by atoms with Gasteiger partial charge in [0.2, 0.25) is 0 Å².